The van der Waals surface area contributed by atoms with Gasteiger partial charge in [-0.3, -0.25) is 10.7 Å². The Hall–Kier alpha value is -1.70. The van der Waals surface area contributed by atoms with Crippen molar-refractivity contribution in [1.82, 2.24) is 20.6 Å². The lowest BCUT2D eigenvalue weighted by Gasteiger charge is -2.06. The third-order valence-electron chi connectivity index (χ3n) is 1.97. The number of carbonyl (C=O) groups excluding carboxylic acids is 1. The van der Waals surface area contributed by atoms with E-state index in [0.29, 0.717) is 6.54 Å². The molecule has 94 valence electrons. The maximum Gasteiger partial charge on any atom is 0.318 e. The monoisotopic (exact) mass is 256 g/mol. The van der Waals surface area contributed by atoms with E-state index in [-0.39, 0.29) is 5.96 Å². The molecule has 0 saturated carbocycles. The highest BCUT2D eigenvalue weighted by Crippen LogP contribution is 2.11. The first kappa shape index (κ1) is 13.4. The third-order valence-corrected chi connectivity index (χ3v) is 2.94. The zero-order chi connectivity index (χ0) is 12.7. The maximum absolute atomic E-state index is 10.4. The smallest absolute Gasteiger partial charge is 0.318 e. The molecule has 0 saturated heterocycles. The highest BCUT2D eigenvalue weighted by atomic mass is 32.2. The molecule has 1 heterocycles. The van der Waals surface area contributed by atoms with Gasteiger partial charge in [0.25, 0.3) is 0 Å². The number of primary amides is 1. The SMILES string of the molecule is Cc1[nH]cnc1CSCCNC(=N)NC(N)=O. The molecule has 0 atom stereocenters. The van der Waals surface area contributed by atoms with Crippen LogP contribution in [0.3, 0.4) is 0 Å². The summed E-state index contributed by atoms with van der Waals surface area (Å²) in [6, 6.07) is -0.734. The van der Waals surface area contributed by atoms with Crippen molar-refractivity contribution in [3.63, 3.8) is 0 Å². The number of imidazole rings is 1. The molecule has 0 aliphatic heterocycles. The molecule has 8 heteroatoms. The Morgan fingerprint density at radius 1 is 1.71 bits per heavy atom. The van der Waals surface area contributed by atoms with Crippen molar-refractivity contribution in [3.8, 4) is 0 Å². The number of nitrogens with two attached hydrogens (primary N) is 1. The number of hydrogen-bond acceptors (Lipinski definition) is 4. The molecule has 6 N–H and O–H groups in total. The summed E-state index contributed by atoms with van der Waals surface area (Å²) in [5.41, 5.74) is 6.98. The number of amides is 2. The Bertz CT molecular complexity index is 391. The van der Waals surface area contributed by atoms with E-state index in [0.717, 1.165) is 22.9 Å². The van der Waals surface area contributed by atoms with Crippen LogP contribution >= 0.6 is 11.8 Å². The highest BCUT2D eigenvalue weighted by Gasteiger charge is 2.01. The van der Waals surface area contributed by atoms with Gasteiger partial charge in [-0.15, -0.1) is 0 Å². The fourth-order valence-electron chi connectivity index (χ4n) is 1.12. The minimum absolute atomic E-state index is 0.0750. The van der Waals surface area contributed by atoms with Crippen LogP contribution in [0.2, 0.25) is 0 Å². The van der Waals surface area contributed by atoms with Gasteiger partial charge in [0.1, 0.15) is 0 Å². The van der Waals surface area contributed by atoms with E-state index in [1.165, 1.54) is 0 Å². The summed E-state index contributed by atoms with van der Waals surface area (Å²) in [6.45, 7) is 2.57. The molecule has 0 fully saturated rings. The standard InChI is InChI=1S/C9H16N6OS/c1-6-7(14-5-13-6)4-17-3-2-12-8(10)15-9(11)16/h5H,2-4H2,1H3,(H,13,14)(H5,10,11,12,15,16). The molecule has 1 rings (SSSR count). The van der Waals surface area contributed by atoms with Crippen molar-refractivity contribution in [2.45, 2.75) is 12.7 Å². The van der Waals surface area contributed by atoms with Crippen molar-refractivity contribution in [1.29, 1.82) is 5.41 Å². The molecule has 17 heavy (non-hydrogen) atoms. The summed E-state index contributed by atoms with van der Waals surface area (Å²) in [5, 5.41) is 12.2. The molecule has 0 aromatic carbocycles. The van der Waals surface area contributed by atoms with Gasteiger partial charge in [0.2, 0.25) is 0 Å². The number of hydrogen-bond donors (Lipinski definition) is 5. The van der Waals surface area contributed by atoms with E-state index in [4.69, 9.17) is 11.1 Å². The second-order valence-electron chi connectivity index (χ2n) is 3.32. The molecule has 0 spiro atoms. The largest absolute Gasteiger partial charge is 0.355 e. The van der Waals surface area contributed by atoms with Crippen LogP contribution in [-0.4, -0.2) is 34.3 Å². The average molecular weight is 256 g/mol. The number of nitrogens with one attached hydrogen (secondary N) is 4. The normalized spacial score (nSPS) is 9.94. The van der Waals surface area contributed by atoms with Crippen molar-refractivity contribution in [2.24, 2.45) is 5.73 Å². The van der Waals surface area contributed by atoms with Crippen molar-refractivity contribution < 1.29 is 4.79 Å². The second kappa shape index (κ2) is 6.79. The first-order valence-corrected chi connectivity index (χ1v) is 6.20. The van der Waals surface area contributed by atoms with Crippen LogP contribution in [-0.2, 0) is 5.75 Å². The summed E-state index contributed by atoms with van der Waals surface area (Å²) in [4.78, 5) is 17.6. The van der Waals surface area contributed by atoms with Crippen LogP contribution in [0.25, 0.3) is 0 Å². The second-order valence-corrected chi connectivity index (χ2v) is 4.42. The van der Waals surface area contributed by atoms with Gasteiger partial charge >= 0.3 is 6.03 Å². The number of carbonyl (C=O) groups is 1. The lowest BCUT2D eigenvalue weighted by molar-refractivity contribution is 0.253. The summed E-state index contributed by atoms with van der Waals surface area (Å²) in [5.74, 6) is 1.57. The molecule has 2 amide bonds. The van der Waals surface area contributed by atoms with Gasteiger partial charge in [0.05, 0.1) is 12.0 Å². The van der Waals surface area contributed by atoms with Gasteiger partial charge in [0, 0.05) is 23.7 Å². The molecule has 7 nitrogen and oxygen atoms in total. The van der Waals surface area contributed by atoms with Gasteiger partial charge in [-0.05, 0) is 6.92 Å². The number of H-pyrrole nitrogens is 1. The number of aromatic nitrogens is 2. The van der Waals surface area contributed by atoms with Gasteiger partial charge in [-0.25, -0.2) is 9.78 Å². The Kier molecular flexibility index (Phi) is 5.34. The zero-order valence-electron chi connectivity index (χ0n) is 9.54. The Morgan fingerprint density at radius 2 is 2.47 bits per heavy atom. The van der Waals surface area contributed by atoms with Crippen LogP contribution < -0.4 is 16.4 Å². The third kappa shape index (κ3) is 5.25. The number of urea groups is 1. The average Bonchev–Trinajstić information content (AvgIpc) is 2.63. The van der Waals surface area contributed by atoms with Gasteiger partial charge in [0.15, 0.2) is 5.96 Å². The number of aryl methyl sites for hydroxylation is 1. The molecule has 1 aromatic rings. The molecule has 1 aromatic heterocycles. The molecule has 0 aliphatic rings. The number of rotatable bonds is 5. The van der Waals surface area contributed by atoms with E-state index in [9.17, 15) is 4.79 Å². The Morgan fingerprint density at radius 3 is 3.06 bits per heavy atom. The molecule has 0 aliphatic carbocycles. The fraction of sp³-hybridized carbons (Fsp3) is 0.444. The summed E-state index contributed by atoms with van der Waals surface area (Å²) < 4.78 is 0. The van der Waals surface area contributed by atoms with Crippen LogP contribution in [0.5, 0.6) is 0 Å². The topological polar surface area (TPSA) is 120 Å². The Labute approximate surface area is 103 Å². The minimum Gasteiger partial charge on any atom is -0.355 e. The van der Waals surface area contributed by atoms with Crippen LogP contribution in [0.15, 0.2) is 6.33 Å². The number of thioether (sulfide) groups is 1. The van der Waals surface area contributed by atoms with Crippen LogP contribution in [0.1, 0.15) is 11.4 Å². The zero-order valence-corrected chi connectivity index (χ0v) is 10.4. The number of guanidine groups is 1. The van der Waals surface area contributed by atoms with Crippen molar-refractivity contribution in [2.75, 3.05) is 12.3 Å². The minimum atomic E-state index is -0.734. The van der Waals surface area contributed by atoms with Crippen molar-refractivity contribution in [3.05, 3.63) is 17.7 Å². The molecule has 0 bridgehead atoms. The lowest BCUT2D eigenvalue weighted by atomic mass is 10.4. The Balaban J connectivity index is 2.07. The quantitative estimate of drug-likeness (QED) is 0.292. The predicted octanol–water partition coefficient (Wildman–Crippen LogP) is 0.144. The van der Waals surface area contributed by atoms with Crippen molar-refractivity contribution >= 4 is 23.8 Å². The lowest BCUT2D eigenvalue weighted by Crippen LogP contribution is -2.43. The molecular weight excluding hydrogens is 240 g/mol. The van der Waals surface area contributed by atoms with E-state index in [2.05, 4.69) is 20.6 Å². The molecule has 0 radical (unpaired) electrons. The maximum atomic E-state index is 10.4. The van der Waals surface area contributed by atoms with E-state index >= 15 is 0 Å². The van der Waals surface area contributed by atoms with Gasteiger partial charge in [-0.2, -0.15) is 11.8 Å². The first-order valence-electron chi connectivity index (χ1n) is 5.05. The van der Waals surface area contributed by atoms with Crippen LogP contribution in [0.4, 0.5) is 4.79 Å². The van der Waals surface area contributed by atoms with E-state index in [1.54, 1.807) is 18.1 Å². The highest BCUT2D eigenvalue weighted by molar-refractivity contribution is 7.98. The van der Waals surface area contributed by atoms with Crippen LogP contribution in [0, 0.1) is 12.3 Å². The van der Waals surface area contributed by atoms with Gasteiger partial charge in [-0.1, -0.05) is 0 Å². The number of nitrogens with zero attached hydrogens (tertiary/aromatic N) is 1. The fourth-order valence-corrected chi connectivity index (χ4v) is 1.99. The first-order chi connectivity index (χ1) is 8.09. The summed E-state index contributed by atoms with van der Waals surface area (Å²) in [6.07, 6.45) is 1.68. The number of aromatic amines is 1. The van der Waals surface area contributed by atoms with E-state index in [1.807, 2.05) is 6.92 Å². The predicted molar refractivity (Wildman–Crippen MR) is 67.9 cm³/mol. The van der Waals surface area contributed by atoms with Gasteiger partial charge < -0.3 is 16.0 Å². The molecular formula is C9H16N6OS. The van der Waals surface area contributed by atoms with E-state index < -0.39 is 6.03 Å². The molecule has 0 unspecified atom stereocenters. The summed E-state index contributed by atoms with van der Waals surface area (Å²) in [7, 11) is 0. The summed E-state index contributed by atoms with van der Waals surface area (Å²) >= 11 is 1.70.